The second-order valence-corrected chi connectivity index (χ2v) is 6.17. The number of methoxy groups -OCH3 is 4. The number of hydrogen-bond donors (Lipinski definition) is 0. The molecular formula is C22H20N2O5. The monoisotopic (exact) mass is 392 g/mol. The molecule has 0 radical (unpaired) electrons. The van der Waals surface area contributed by atoms with Crippen molar-refractivity contribution in [2.75, 3.05) is 28.4 Å². The van der Waals surface area contributed by atoms with Gasteiger partial charge in [0.25, 0.3) is 0 Å². The Hall–Kier alpha value is -3.74. The number of hydrogen-bond acceptors (Lipinski definition) is 7. The van der Waals surface area contributed by atoms with Crippen LogP contribution in [-0.2, 0) is 0 Å². The molecule has 7 nitrogen and oxygen atoms in total. The molecule has 0 aliphatic rings. The van der Waals surface area contributed by atoms with E-state index < -0.39 is 0 Å². The van der Waals surface area contributed by atoms with Gasteiger partial charge in [-0.25, -0.2) is 4.98 Å². The van der Waals surface area contributed by atoms with E-state index in [1.165, 1.54) is 0 Å². The van der Waals surface area contributed by atoms with Gasteiger partial charge in [0, 0.05) is 17.8 Å². The van der Waals surface area contributed by atoms with Crippen molar-refractivity contribution in [2.24, 2.45) is 0 Å². The molecule has 0 bridgehead atoms. The van der Waals surface area contributed by atoms with Gasteiger partial charge in [0.1, 0.15) is 11.3 Å². The lowest BCUT2D eigenvalue weighted by Crippen LogP contribution is -1.97. The van der Waals surface area contributed by atoms with Gasteiger partial charge in [-0.15, -0.1) is 0 Å². The summed E-state index contributed by atoms with van der Waals surface area (Å²) in [5.41, 5.74) is 3.59. The Morgan fingerprint density at radius 1 is 0.828 bits per heavy atom. The highest BCUT2D eigenvalue weighted by Gasteiger charge is 2.19. The number of oxazole rings is 1. The van der Waals surface area contributed by atoms with Gasteiger partial charge in [-0.05, 0) is 36.4 Å². The van der Waals surface area contributed by atoms with E-state index in [0.717, 1.165) is 16.6 Å². The van der Waals surface area contributed by atoms with E-state index in [2.05, 4.69) is 9.97 Å². The molecule has 0 aliphatic heterocycles. The first-order valence-electron chi connectivity index (χ1n) is 8.88. The molecule has 0 aliphatic carbocycles. The summed E-state index contributed by atoms with van der Waals surface area (Å²) >= 11 is 0. The minimum Gasteiger partial charge on any atom is -0.497 e. The van der Waals surface area contributed by atoms with E-state index in [-0.39, 0.29) is 0 Å². The zero-order valence-electron chi connectivity index (χ0n) is 16.6. The maximum Gasteiger partial charge on any atom is 0.229 e. The minimum absolute atomic E-state index is 0.463. The Bertz CT molecular complexity index is 1140. The van der Waals surface area contributed by atoms with E-state index >= 15 is 0 Å². The fourth-order valence-corrected chi connectivity index (χ4v) is 3.17. The summed E-state index contributed by atoms with van der Waals surface area (Å²) in [7, 11) is 6.34. The van der Waals surface area contributed by atoms with Gasteiger partial charge in [0.15, 0.2) is 17.1 Å². The van der Waals surface area contributed by atoms with E-state index in [1.54, 1.807) is 40.7 Å². The summed E-state index contributed by atoms with van der Waals surface area (Å²) < 4.78 is 27.6. The van der Waals surface area contributed by atoms with E-state index in [9.17, 15) is 0 Å². The maximum absolute atomic E-state index is 6.00. The highest BCUT2D eigenvalue weighted by atomic mass is 16.5. The number of nitrogens with zero attached hydrogens (tertiary/aromatic N) is 2. The van der Waals surface area contributed by atoms with Crippen molar-refractivity contribution in [3.8, 4) is 45.7 Å². The molecule has 0 N–H and O–H groups in total. The van der Waals surface area contributed by atoms with Crippen LogP contribution >= 0.6 is 0 Å². The lowest BCUT2D eigenvalue weighted by Gasteiger charge is -2.14. The highest BCUT2D eigenvalue weighted by Crippen LogP contribution is 2.42. The molecular weight excluding hydrogens is 372 g/mol. The topological polar surface area (TPSA) is 75.8 Å². The van der Waals surface area contributed by atoms with Gasteiger partial charge in [0.2, 0.25) is 11.6 Å². The van der Waals surface area contributed by atoms with E-state index in [1.807, 2.05) is 36.4 Å². The van der Waals surface area contributed by atoms with Crippen molar-refractivity contribution in [3.63, 3.8) is 0 Å². The SMILES string of the molecule is COc1ccc2nc(-c3cccnc3-c3cc(OC)c(OC)c(OC)c3)oc2c1. The quantitative estimate of drug-likeness (QED) is 0.475. The van der Waals surface area contributed by atoms with Gasteiger partial charge < -0.3 is 23.4 Å². The minimum atomic E-state index is 0.463. The van der Waals surface area contributed by atoms with Crippen LogP contribution in [0.1, 0.15) is 0 Å². The second-order valence-electron chi connectivity index (χ2n) is 6.17. The third kappa shape index (κ3) is 3.31. The van der Waals surface area contributed by atoms with Gasteiger partial charge in [-0.3, -0.25) is 4.98 Å². The van der Waals surface area contributed by atoms with Crippen LogP contribution in [0.15, 0.2) is 53.1 Å². The van der Waals surface area contributed by atoms with Gasteiger partial charge in [-0.1, -0.05) is 0 Å². The molecule has 4 aromatic rings. The lowest BCUT2D eigenvalue weighted by atomic mass is 10.0. The van der Waals surface area contributed by atoms with Gasteiger partial charge in [0.05, 0.1) is 39.7 Å². The first kappa shape index (κ1) is 18.6. The fraction of sp³-hybridized carbons (Fsp3) is 0.182. The average Bonchev–Trinajstić information content (AvgIpc) is 3.21. The zero-order chi connectivity index (χ0) is 20.4. The molecule has 7 heteroatoms. The molecule has 2 heterocycles. The molecule has 2 aromatic carbocycles. The number of pyridine rings is 1. The Morgan fingerprint density at radius 3 is 2.24 bits per heavy atom. The van der Waals surface area contributed by atoms with E-state index in [4.69, 9.17) is 23.4 Å². The van der Waals surface area contributed by atoms with Crippen molar-refractivity contribution in [2.45, 2.75) is 0 Å². The average molecular weight is 392 g/mol. The Labute approximate surface area is 167 Å². The maximum atomic E-state index is 6.00. The summed E-state index contributed by atoms with van der Waals surface area (Å²) in [5.74, 6) is 2.77. The molecule has 0 saturated carbocycles. The fourth-order valence-electron chi connectivity index (χ4n) is 3.17. The Kier molecular flexibility index (Phi) is 4.95. The molecule has 4 rings (SSSR count). The molecule has 2 aromatic heterocycles. The molecule has 0 fully saturated rings. The summed E-state index contributed by atoms with van der Waals surface area (Å²) in [6.07, 6.45) is 1.72. The zero-order valence-corrected chi connectivity index (χ0v) is 16.6. The largest absolute Gasteiger partial charge is 0.497 e. The van der Waals surface area contributed by atoms with Crippen LogP contribution in [0.2, 0.25) is 0 Å². The summed E-state index contributed by atoms with van der Waals surface area (Å²) in [6, 6.07) is 13.0. The van der Waals surface area contributed by atoms with Crippen LogP contribution in [0.25, 0.3) is 33.8 Å². The molecule has 148 valence electrons. The van der Waals surface area contributed by atoms with Gasteiger partial charge >= 0.3 is 0 Å². The summed E-state index contributed by atoms with van der Waals surface area (Å²) in [5, 5.41) is 0. The number of ether oxygens (including phenoxy) is 4. The second kappa shape index (κ2) is 7.71. The van der Waals surface area contributed by atoms with Crippen LogP contribution in [0, 0.1) is 0 Å². The predicted octanol–water partition coefficient (Wildman–Crippen LogP) is 4.59. The Morgan fingerprint density at radius 2 is 1.59 bits per heavy atom. The Balaban J connectivity index is 1.88. The number of rotatable bonds is 6. The highest BCUT2D eigenvalue weighted by molar-refractivity contribution is 5.83. The van der Waals surface area contributed by atoms with Crippen molar-refractivity contribution in [3.05, 3.63) is 48.7 Å². The van der Waals surface area contributed by atoms with Crippen LogP contribution in [-0.4, -0.2) is 38.4 Å². The standard InChI is InChI=1S/C22H20N2O5/c1-25-14-7-8-16-17(12-14)29-22(24-16)15-6-5-9-23-20(15)13-10-18(26-2)21(28-4)19(11-13)27-3/h5-12H,1-4H3. The summed E-state index contributed by atoms with van der Waals surface area (Å²) in [6.45, 7) is 0. The molecule has 0 unspecified atom stereocenters. The first-order chi connectivity index (χ1) is 14.2. The number of fused-ring (bicyclic) bond motifs is 1. The number of aromatic nitrogens is 2. The van der Waals surface area contributed by atoms with Crippen LogP contribution < -0.4 is 18.9 Å². The molecule has 29 heavy (non-hydrogen) atoms. The molecule has 0 saturated heterocycles. The molecule has 0 amide bonds. The normalized spacial score (nSPS) is 10.8. The lowest BCUT2D eigenvalue weighted by molar-refractivity contribution is 0.324. The van der Waals surface area contributed by atoms with E-state index in [0.29, 0.717) is 40.2 Å². The third-order valence-corrected chi connectivity index (χ3v) is 4.57. The number of benzene rings is 2. The van der Waals surface area contributed by atoms with Crippen molar-refractivity contribution in [1.82, 2.24) is 9.97 Å². The van der Waals surface area contributed by atoms with Crippen LogP contribution in [0.5, 0.6) is 23.0 Å². The molecule has 0 spiro atoms. The van der Waals surface area contributed by atoms with Crippen LogP contribution in [0.4, 0.5) is 0 Å². The van der Waals surface area contributed by atoms with Crippen molar-refractivity contribution >= 4 is 11.1 Å². The third-order valence-electron chi connectivity index (χ3n) is 4.57. The summed E-state index contributed by atoms with van der Waals surface area (Å²) in [4.78, 5) is 9.17. The predicted molar refractivity (Wildman–Crippen MR) is 109 cm³/mol. The first-order valence-corrected chi connectivity index (χ1v) is 8.88. The smallest absolute Gasteiger partial charge is 0.229 e. The molecule has 0 atom stereocenters. The van der Waals surface area contributed by atoms with Crippen LogP contribution in [0.3, 0.4) is 0 Å². The van der Waals surface area contributed by atoms with Gasteiger partial charge in [-0.2, -0.15) is 0 Å². The van der Waals surface area contributed by atoms with Crippen molar-refractivity contribution in [1.29, 1.82) is 0 Å². The van der Waals surface area contributed by atoms with Crippen molar-refractivity contribution < 1.29 is 23.4 Å².